The van der Waals surface area contributed by atoms with Gasteiger partial charge in [-0.05, 0) is 12.1 Å². The molecule has 0 unspecified atom stereocenters. The lowest BCUT2D eigenvalue weighted by atomic mass is 10.3. The van der Waals surface area contributed by atoms with Crippen LogP contribution in [0.15, 0.2) is 12.1 Å². The number of carbonyl (C=O) groups is 1. The highest BCUT2D eigenvalue weighted by atomic mass is 35.5. The number of carbonyl (C=O) groups excluding carboxylic acids is 1. The van der Waals surface area contributed by atoms with E-state index in [9.17, 15) is 4.79 Å². The van der Waals surface area contributed by atoms with Gasteiger partial charge in [0, 0.05) is 0 Å². The van der Waals surface area contributed by atoms with Crippen molar-refractivity contribution >= 4 is 40.3 Å². The number of halogens is 2. The molecule has 71 valence electrons. The molecule has 14 heavy (non-hydrogen) atoms. The standard InChI is InChI=1S/C8H4Cl2N3O/c9-4-1-6-7(2-5(4)10)13(3-12-6)8(11)14/h1-2H,(H2,11,14). The summed E-state index contributed by atoms with van der Waals surface area (Å²) in [7, 11) is 0. The summed E-state index contributed by atoms with van der Waals surface area (Å²) in [6.07, 6.45) is 2.44. The second-order valence-electron chi connectivity index (χ2n) is 2.64. The first-order valence-electron chi connectivity index (χ1n) is 3.64. The number of fused-ring (bicyclic) bond motifs is 1. The summed E-state index contributed by atoms with van der Waals surface area (Å²) in [5.41, 5.74) is 6.11. The summed E-state index contributed by atoms with van der Waals surface area (Å²) in [5, 5.41) is 0.720. The van der Waals surface area contributed by atoms with E-state index in [0.717, 1.165) is 4.57 Å². The highest BCUT2D eigenvalue weighted by molar-refractivity contribution is 6.42. The van der Waals surface area contributed by atoms with Gasteiger partial charge in [0.2, 0.25) is 0 Å². The van der Waals surface area contributed by atoms with Crippen LogP contribution < -0.4 is 5.73 Å². The van der Waals surface area contributed by atoms with Crippen molar-refractivity contribution in [1.82, 2.24) is 9.55 Å². The predicted octanol–water partition coefficient (Wildman–Crippen LogP) is 2.07. The zero-order chi connectivity index (χ0) is 10.3. The van der Waals surface area contributed by atoms with Crippen LogP contribution in [0.5, 0.6) is 0 Å². The van der Waals surface area contributed by atoms with Crippen LogP contribution in [0.4, 0.5) is 4.79 Å². The Hall–Kier alpha value is -1.26. The fourth-order valence-electron chi connectivity index (χ4n) is 1.12. The summed E-state index contributed by atoms with van der Waals surface area (Å²) in [4.78, 5) is 14.7. The summed E-state index contributed by atoms with van der Waals surface area (Å²) < 4.78 is 1.08. The molecule has 0 saturated heterocycles. The Morgan fingerprint density at radius 1 is 1.43 bits per heavy atom. The van der Waals surface area contributed by atoms with Gasteiger partial charge in [-0.2, -0.15) is 0 Å². The van der Waals surface area contributed by atoms with Crippen molar-refractivity contribution in [3.8, 4) is 0 Å². The molecule has 1 amide bonds. The summed E-state index contributed by atoms with van der Waals surface area (Å²) in [6, 6.07) is 2.41. The lowest BCUT2D eigenvalue weighted by Crippen LogP contribution is -2.18. The molecule has 0 saturated carbocycles. The van der Waals surface area contributed by atoms with Crippen molar-refractivity contribution in [2.24, 2.45) is 5.73 Å². The number of aromatic nitrogens is 2. The van der Waals surface area contributed by atoms with Crippen LogP contribution in [0.3, 0.4) is 0 Å². The number of nitrogens with zero attached hydrogens (tertiary/aromatic N) is 2. The first-order valence-corrected chi connectivity index (χ1v) is 4.40. The van der Waals surface area contributed by atoms with Crippen molar-refractivity contribution < 1.29 is 4.79 Å². The van der Waals surface area contributed by atoms with E-state index in [4.69, 9.17) is 28.9 Å². The highest BCUT2D eigenvalue weighted by Gasteiger charge is 2.09. The molecule has 2 N–H and O–H groups in total. The van der Waals surface area contributed by atoms with E-state index in [1.54, 1.807) is 6.07 Å². The lowest BCUT2D eigenvalue weighted by Gasteiger charge is -1.98. The fourth-order valence-corrected chi connectivity index (χ4v) is 1.44. The van der Waals surface area contributed by atoms with E-state index in [0.29, 0.717) is 21.1 Å². The molecule has 4 nitrogen and oxygen atoms in total. The van der Waals surface area contributed by atoms with Crippen LogP contribution in [0.25, 0.3) is 11.0 Å². The SMILES string of the molecule is NC(=O)n1[c]nc2cc(Cl)c(Cl)cc21. The van der Waals surface area contributed by atoms with Gasteiger partial charge in [0.1, 0.15) is 0 Å². The number of imidazole rings is 1. The number of nitrogens with two attached hydrogens (primary N) is 1. The van der Waals surface area contributed by atoms with Crippen LogP contribution in [0, 0.1) is 6.33 Å². The lowest BCUT2D eigenvalue weighted by molar-refractivity contribution is 0.251. The molecule has 0 atom stereocenters. The number of rotatable bonds is 0. The van der Waals surface area contributed by atoms with Gasteiger partial charge < -0.3 is 5.73 Å². The molecule has 0 bridgehead atoms. The van der Waals surface area contributed by atoms with Gasteiger partial charge in [0.25, 0.3) is 0 Å². The van der Waals surface area contributed by atoms with Crippen LogP contribution in [0.1, 0.15) is 0 Å². The van der Waals surface area contributed by atoms with Crippen LogP contribution in [-0.4, -0.2) is 15.6 Å². The van der Waals surface area contributed by atoms with Crippen molar-refractivity contribution in [3.63, 3.8) is 0 Å². The molecular weight excluding hydrogens is 225 g/mol. The van der Waals surface area contributed by atoms with E-state index in [1.165, 1.54) is 6.07 Å². The highest BCUT2D eigenvalue weighted by Crippen LogP contribution is 2.26. The summed E-state index contributed by atoms with van der Waals surface area (Å²) in [5.74, 6) is 0. The Labute approximate surface area is 89.2 Å². The van der Waals surface area contributed by atoms with E-state index in [-0.39, 0.29) is 0 Å². The van der Waals surface area contributed by atoms with Gasteiger partial charge in [-0.15, -0.1) is 0 Å². The second kappa shape index (κ2) is 3.15. The first kappa shape index (κ1) is 9.30. The Morgan fingerprint density at radius 2 is 2.07 bits per heavy atom. The molecule has 1 radical (unpaired) electrons. The minimum absolute atomic E-state index is 0.343. The van der Waals surface area contributed by atoms with E-state index < -0.39 is 6.03 Å². The van der Waals surface area contributed by atoms with Crippen molar-refractivity contribution in [2.75, 3.05) is 0 Å². The third-order valence-corrected chi connectivity index (χ3v) is 2.47. The van der Waals surface area contributed by atoms with E-state index >= 15 is 0 Å². The van der Waals surface area contributed by atoms with E-state index in [1.807, 2.05) is 0 Å². The molecule has 2 rings (SSSR count). The number of hydrogen-bond donors (Lipinski definition) is 1. The molecule has 1 aromatic carbocycles. The number of primary amides is 1. The molecule has 2 aromatic rings. The maximum atomic E-state index is 10.9. The topological polar surface area (TPSA) is 60.9 Å². The monoisotopic (exact) mass is 228 g/mol. The normalized spacial score (nSPS) is 10.7. The minimum Gasteiger partial charge on any atom is -0.351 e. The Bertz CT molecular complexity index is 521. The van der Waals surface area contributed by atoms with E-state index in [2.05, 4.69) is 11.3 Å². The Balaban J connectivity index is 2.80. The molecule has 1 heterocycles. The van der Waals surface area contributed by atoms with Crippen LogP contribution >= 0.6 is 23.2 Å². The third-order valence-electron chi connectivity index (χ3n) is 1.75. The number of benzene rings is 1. The zero-order valence-electron chi connectivity index (χ0n) is 6.79. The quantitative estimate of drug-likeness (QED) is 0.751. The molecule has 0 aliphatic carbocycles. The average molecular weight is 229 g/mol. The second-order valence-corrected chi connectivity index (χ2v) is 3.45. The Morgan fingerprint density at radius 3 is 2.71 bits per heavy atom. The van der Waals surface area contributed by atoms with Crippen LogP contribution in [0.2, 0.25) is 10.0 Å². The third kappa shape index (κ3) is 1.32. The molecule has 0 aliphatic heterocycles. The van der Waals surface area contributed by atoms with Crippen molar-refractivity contribution in [2.45, 2.75) is 0 Å². The molecule has 6 heteroatoms. The van der Waals surface area contributed by atoms with Gasteiger partial charge in [-0.3, -0.25) is 0 Å². The Kier molecular flexibility index (Phi) is 2.09. The van der Waals surface area contributed by atoms with Gasteiger partial charge in [0.05, 0.1) is 21.1 Å². The number of hydrogen-bond acceptors (Lipinski definition) is 2. The maximum Gasteiger partial charge on any atom is 0.325 e. The number of amides is 1. The smallest absolute Gasteiger partial charge is 0.325 e. The average Bonchev–Trinajstić information content (AvgIpc) is 2.48. The van der Waals surface area contributed by atoms with Gasteiger partial charge in [-0.25, -0.2) is 14.3 Å². The molecule has 1 aromatic heterocycles. The largest absolute Gasteiger partial charge is 0.351 e. The van der Waals surface area contributed by atoms with Crippen LogP contribution in [-0.2, 0) is 0 Å². The zero-order valence-corrected chi connectivity index (χ0v) is 8.30. The summed E-state index contributed by atoms with van der Waals surface area (Å²) in [6.45, 7) is 0. The molecular formula is C8H4Cl2N3O. The minimum atomic E-state index is -0.661. The maximum absolute atomic E-state index is 10.9. The predicted molar refractivity (Wildman–Crippen MR) is 53.6 cm³/mol. The van der Waals surface area contributed by atoms with Gasteiger partial charge in [-0.1, -0.05) is 23.2 Å². The molecule has 0 aliphatic rings. The van der Waals surface area contributed by atoms with Gasteiger partial charge in [0.15, 0.2) is 6.33 Å². The first-order chi connectivity index (χ1) is 6.59. The van der Waals surface area contributed by atoms with Crippen molar-refractivity contribution in [3.05, 3.63) is 28.5 Å². The molecule has 0 spiro atoms. The fraction of sp³-hybridized carbons (Fsp3) is 0. The summed E-state index contributed by atoms with van der Waals surface area (Å²) >= 11 is 11.5. The molecule has 0 fully saturated rings. The van der Waals surface area contributed by atoms with Gasteiger partial charge >= 0.3 is 6.03 Å². The van der Waals surface area contributed by atoms with Crippen molar-refractivity contribution in [1.29, 1.82) is 0 Å².